The first-order valence-electron chi connectivity index (χ1n) is 8.18. The zero-order chi connectivity index (χ0) is 18.4. The van der Waals surface area contributed by atoms with Crippen LogP contribution in [0.5, 0.6) is 11.5 Å². The summed E-state index contributed by atoms with van der Waals surface area (Å²) in [5, 5.41) is 6.55. The number of amides is 2. The number of fused-ring (bicyclic) bond motifs is 1. The van der Waals surface area contributed by atoms with Crippen LogP contribution in [0.2, 0.25) is 0 Å². The molecule has 0 saturated carbocycles. The van der Waals surface area contributed by atoms with Crippen molar-refractivity contribution in [1.82, 2.24) is 10.7 Å². The molecule has 2 aromatic rings. The second-order valence-electron chi connectivity index (χ2n) is 5.68. The van der Waals surface area contributed by atoms with E-state index in [0.29, 0.717) is 17.2 Å². The summed E-state index contributed by atoms with van der Waals surface area (Å²) < 4.78 is 11.1. The number of ether oxygens (including phenoxy) is 2. The van der Waals surface area contributed by atoms with Crippen LogP contribution in [-0.2, 0) is 9.59 Å². The molecular weight excluding hydrogens is 334 g/mol. The van der Waals surface area contributed by atoms with Gasteiger partial charge in [0, 0.05) is 0 Å². The normalized spacial score (nSPS) is 15.9. The van der Waals surface area contributed by atoms with Gasteiger partial charge in [0.2, 0.25) is 6.10 Å². The third-order valence-corrected chi connectivity index (χ3v) is 3.76. The maximum absolute atomic E-state index is 12.1. The Bertz CT molecular complexity index is 821. The summed E-state index contributed by atoms with van der Waals surface area (Å²) in [7, 11) is 0. The molecule has 2 aromatic carbocycles. The Balaban J connectivity index is 1.47. The van der Waals surface area contributed by atoms with E-state index in [4.69, 9.17) is 9.47 Å². The molecule has 0 saturated heterocycles. The molecule has 7 heteroatoms. The molecular formula is C19H19N3O4. The SMILES string of the molecule is C/C(=N/NC(=O)CNC(=O)[C@@H]1COc2ccccc2O1)c1ccccc1. The third-order valence-electron chi connectivity index (χ3n) is 3.76. The van der Waals surface area contributed by atoms with Crippen LogP contribution in [0.15, 0.2) is 59.7 Å². The van der Waals surface area contributed by atoms with Crippen LogP contribution in [0.4, 0.5) is 0 Å². The van der Waals surface area contributed by atoms with Crippen LogP contribution >= 0.6 is 0 Å². The Labute approximate surface area is 151 Å². The van der Waals surface area contributed by atoms with Crippen LogP contribution in [0.3, 0.4) is 0 Å². The molecule has 0 bridgehead atoms. The first-order valence-corrected chi connectivity index (χ1v) is 8.18. The highest BCUT2D eigenvalue weighted by Crippen LogP contribution is 2.30. The topological polar surface area (TPSA) is 89.0 Å². The monoisotopic (exact) mass is 353 g/mol. The van der Waals surface area contributed by atoms with Crippen LogP contribution in [-0.4, -0.2) is 36.8 Å². The van der Waals surface area contributed by atoms with Crippen molar-refractivity contribution in [2.75, 3.05) is 13.2 Å². The van der Waals surface area contributed by atoms with Crippen molar-refractivity contribution in [1.29, 1.82) is 0 Å². The van der Waals surface area contributed by atoms with Crippen LogP contribution in [0.25, 0.3) is 0 Å². The average Bonchev–Trinajstić information content (AvgIpc) is 2.70. The molecule has 26 heavy (non-hydrogen) atoms. The summed E-state index contributed by atoms with van der Waals surface area (Å²) in [5.41, 5.74) is 4.00. The Kier molecular flexibility index (Phi) is 5.48. The van der Waals surface area contributed by atoms with Gasteiger partial charge in [0.05, 0.1) is 12.3 Å². The lowest BCUT2D eigenvalue weighted by Gasteiger charge is -2.25. The molecule has 0 unspecified atom stereocenters. The van der Waals surface area contributed by atoms with Gasteiger partial charge in [0.25, 0.3) is 11.8 Å². The maximum Gasteiger partial charge on any atom is 0.265 e. The number of nitrogens with one attached hydrogen (secondary N) is 2. The quantitative estimate of drug-likeness (QED) is 0.629. The molecule has 0 aromatic heterocycles. The van der Waals surface area contributed by atoms with Gasteiger partial charge in [-0.05, 0) is 24.6 Å². The van der Waals surface area contributed by atoms with Gasteiger partial charge in [0.1, 0.15) is 6.61 Å². The predicted octanol–water partition coefficient (Wildman–Crippen LogP) is 1.48. The lowest BCUT2D eigenvalue weighted by Crippen LogP contribution is -2.46. The zero-order valence-electron chi connectivity index (χ0n) is 14.3. The van der Waals surface area contributed by atoms with E-state index in [1.807, 2.05) is 36.4 Å². The van der Waals surface area contributed by atoms with E-state index in [1.165, 1.54) is 0 Å². The molecule has 1 atom stereocenters. The minimum atomic E-state index is -0.799. The van der Waals surface area contributed by atoms with Gasteiger partial charge in [-0.1, -0.05) is 42.5 Å². The van der Waals surface area contributed by atoms with E-state index >= 15 is 0 Å². The van der Waals surface area contributed by atoms with Gasteiger partial charge in [0.15, 0.2) is 11.5 Å². The van der Waals surface area contributed by atoms with Gasteiger partial charge in [-0.15, -0.1) is 0 Å². The number of rotatable bonds is 5. The Morgan fingerprint density at radius 1 is 1.08 bits per heavy atom. The maximum atomic E-state index is 12.1. The largest absolute Gasteiger partial charge is 0.485 e. The van der Waals surface area contributed by atoms with Crippen LogP contribution in [0.1, 0.15) is 12.5 Å². The van der Waals surface area contributed by atoms with E-state index in [2.05, 4.69) is 15.8 Å². The number of nitrogens with zero attached hydrogens (tertiary/aromatic N) is 1. The van der Waals surface area contributed by atoms with Crippen molar-refractivity contribution in [2.24, 2.45) is 5.10 Å². The number of para-hydroxylation sites is 2. The van der Waals surface area contributed by atoms with Crippen molar-refractivity contribution in [3.8, 4) is 11.5 Å². The van der Waals surface area contributed by atoms with E-state index in [-0.39, 0.29) is 13.2 Å². The fourth-order valence-electron chi connectivity index (χ4n) is 2.36. The Morgan fingerprint density at radius 3 is 2.54 bits per heavy atom. The molecule has 0 fully saturated rings. The van der Waals surface area contributed by atoms with Crippen molar-refractivity contribution in [3.63, 3.8) is 0 Å². The van der Waals surface area contributed by atoms with Gasteiger partial charge in [-0.3, -0.25) is 9.59 Å². The van der Waals surface area contributed by atoms with Gasteiger partial charge >= 0.3 is 0 Å². The summed E-state index contributed by atoms with van der Waals surface area (Å²) in [4.78, 5) is 24.0. The first-order chi connectivity index (χ1) is 12.6. The summed E-state index contributed by atoms with van der Waals surface area (Å²) in [5.74, 6) is 0.260. The van der Waals surface area contributed by atoms with Gasteiger partial charge in [-0.25, -0.2) is 5.43 Å². The molecule has 0 spiro atoms. The number of hydrazone groups is 1. The van der Waals surface area contributed by atoms with Gasteiger partial charge in [-0.2, -0.15) is 5.10 Å². The van der Waals surface area contributed by atoms with Crippen molar-refractivity contribution in [2.45, 2.75) is 13.0 Å². The standard InChI is InChI=1S/C19H19N3O4/c1-13(14-7-3-2-4-8-14)21-22-18(23)11-20-19(24)17-12-25-15-9-5-6-10-16(15)26-17/h2-10,17H,11-12H2,1H3,(H,20,24)(H,22,23)/b21-13-/t17-/m0/s1. The molecule has 1 aliphatic rings. The number of benzene rings is 2. The second kappa shape index (κ2) is 8.15. The predicted molar refractivity (Wildman–Crippen MR) is 96.2 cm³/mol. The number of hydrogen-bond acceptors (Lipinski definition) is 5. The van der Waals surface area contributed by atoms with E-state index in [0.717, 1.165) is 5.56 Å². The highest BCUT2D eigenvalue weighted by atomic mass is 16.6. The van der Waals surface area contributed by atoms with E-state index < -0.39 is 17.9 Å². The number of carbonyl (C=O) groups excluding carboxylic acids is 2. The summed E-state index contributed by atoms with van der Waals surface area (Å²) in [6.07, 6.45) is -0.799. The minimum Gasteiger partial charge on any atom is -0.485 e. The zero-order valence-corrected chi connectivity index (χ0v) is 14.3. The molecule has 2 amide bonds. The fourth-order valence-corrected chi connectivity index (χ4v) is 2.36. The minimum absolute atomic E-state index is 0.0930. The van der Waals surface area contributed by atoms with Crippen LogP contribution < -0.4 is 20.2 Å². The van der Waals surface area contributed by atoms with Crippen molar-refractivity contribution in [3.05, 3.63) is 60.2 Å². The number of hydrogen-bond donors (Lipinski definition) is 2. The molecule has 134 valence electrons. The Morgan fingerprint density at radius 2 is 1.77 bits per heavy atom. The smallest absolute Gasteiger partial charge is 0.265 e. The fraction of sp³-hybridized carbons (Fsp3) is 0.211. The first kappa shape index (κ1) is 17.5. The molecule has 7 nitrogen and oxygen atoms in total. The molecule has 3 rings (SSSR count). The highest BCUT2D eigenvalue weighted by Gasteiger charge is 2.27. The van der Waals surface area contributed by atoms with E-state index in [1.54, 1.807) is 25.1 Å². The lowest BCUT2D eigenvalue weighted by molar-refractivity contribution is -0.132. The van der Waals surface area contributed by atoms with Crippen molar-refractivity contribution >= 4 is 17.5 Å². The lowest BCUT2D eigenvalue weighted by atomic mass is 10.1. The summed E-state index contributed by atoms with van der Waals surface area (Å²) >= 11 is 0. The second-order valence-corrected chi connectivity index (χ2v) is 5.68. The van der Waals surface area contributed by atoms with Crippen molar-refractivity contribution < 1.29 is 19.1 Å². The third kappa shape index (κ3) is 4.38. The molecule has 1 heterocycles. The molecule has 0 aliphatic carbocycles. The summed E-state index contributed by atoms with van der Waals surface area (Å²) in [6.45, 7) is 1.68. The molecule has 0 radical (unpaired) electrons. The summed E-state index contributed by atoms with van der Waals surface area (Å²) in [6, 6.07) is 16.6. The van der Waals surface area contributed by atoms with Crippen LogP contribution in [0, 0.1) is 0 Å². The van der Waals surface area contributed by atoms with Gasteiger partial charge < -0.3 is 14.8 Å². The molecule has 1 aliphatic heterocycles. The molecule has 2 N–H and O–H groups in total. The van der Waals surface area contributed by atoms with E-state index in [9.17, 15) is 9.59 Å². The number of carbonyl (C=O) groups is 2. The Hall–Kier alpha value is -3.35. The highest BCUT2D eigenvalue weighted by molar-refractivity contribution is 5.99. The average molecular weight is 353 g/mol.